The molecule has 3 N–H and O–H groups in total. The number of anilines is 1. The molecular weight excluding hydrogens is 240 g/mol. The zero-order valence-corrected chi connectivity index (χ0v) is 11.4. The minimum atomic E-state index is -0.459. The maximum atomic E-state index is 10.6. The Morgan fingerprint density at radius 1 is 1.37 bits per heavy atom. The van der Waals surface area contributed by atoms with E-state index < -0.39 is 5.91 Å². The van der Waals surface area contributed by atoms with E-state index in [1.807, 2.05) is 24.3 Å². The number of primary amides is 1. The molecule has 1 aromatic rings. The molecule has 1 aliphatic carbocycles. The number of nitrogens with one attached hydrogen (secondary N) is 1. The first-order valence-electron chi connectivity index (χ1n) is 6.95. The summed E-state index contributed by atoms with van der Waals surface area (Å²) >= 11 is 0. The van der Waals surface area contributed by atoms with Crippen molar-refractivity contribution in [3.63, 3.8) is 0 Å². The number of nitrogens with two attached hydrogens (primary N) is 1. The summed E-state index contributed by atoms with van der Waals surface area (Å²) < 4.78 is 5.22. The standard InChI is InChI=1S/C15H22N2O2/c1-2-11-3-4-13(9-11)17-12-5-7-14(8-6-12)19-10-15(16)18/h5-8,11,13,17H,2-4,9-10H2,1H3,(H2,16,18). The number of hydrogen-bond acceptors (Lipinski definition) is 3. The lowest BCUT2D eigenvalue weighted by molar-refractivity contribution is -0.119. The fraction of sp³-hybridized carbons (Fsp3) is 0.533. The van der Waals surface area contributed by atoms with Crippen molar-refractivity contribution in [2.24, 2.45) is 11.7 Å². The second kappa shape index (κ2) is 6.45. The van der Waals surface area contributed by atoms with Crippen LogP contribution in [0.3, 0.4) is 0 Å². The monoisotopic (exact) mass is 262 g/mol. The van der Waals surface area contributed by atoms with Crippen LogP contribution in [0.1, 0.15) is 32.6 Å². The smallest absolute Gasteiger partial charge is 0.255 e. The van der Waals surface area contributed by atoms with Crippen molar-refractivity contribution in [2.45, 2.75) is 38.6 Å². The highest BCUT2D eigenvalue weighted by Gasteiger charge is 2.22. The predicted octanol–water partition coefficient (Wildman–Crippen LogP) is 2.54. The van der Waals surface area contributed by atoms with Gasteiger partial charge in [0, 0.05) is 11.7 Å². The van der Waals surface area contributed by atoms with Crippen molar-refractivity contribution < 1.29 is 9.53 Å². The molecular formula is C15H22N2O2. The molecule has 1 amide bonds. The second-order valence-electron chi connectivity index (χ2n) is 5.21. The van der Waals surface area contributed by atoms with Gasteiger partial charge in [0.05, 0.1) is 0 Å². The quantitative estimate of drug-likeness (QED) is 0.828. The van der Waals surface area contributed by atoms with Crippen LogP contribution in [0.15, 0.2) is 24.3 Å². The number of rotatable bonds is 6. The lowest BCUT2D eigenvalue weighted by Crippen LogP contribution is -2.20. The molecule has 1 aromatic carbocycles. The van der Waals surface area contributed by atoms with Gasteiger partial charge in [0.1, 0.15) is 5.75 Å². The van der Waals surface area contributed by atoms with Gasteiger partial charge in [-0.25, -0.2) is 0 Å². The SMILES string of the molecule is CCC1CCC(Nc2ccc(OCC(N)=O)cc2)C1. The highest BCUT2D eigenvalue weighted by Crippen LogP contribution is 2.30. The van der Waals surface area contributed by atoms with E-state index in [-0.39, 0.29) is 6.61 Å². The molecule has 19 heavy (non-hydrogen) atoms. The number of amides is 1. The zero-order valence-electron chi connectivity index (χ0n) is 11.4. The Bertz CT molecular complexity index is 417. The van der Waals surface area contributed by atoms with Crippen molar-refractivity contribution in [1.29, 1.82) is 0 Å². The van der Waals surface area contributed by atoms with Gasteiger partial charge in [-0.15, -0.1) is 0 Å². The minimum absolute atomic E-state index is 0.0758. The summed E-state index contributed by atoms with van der Waals surface area (Å²) in [6.45, 7) is 2.19. The van der Waals surface area contributed by atoms with Crippen LogP contribution in [0.2, 0.25) is 0 Å². The van der Waals surface area contributed by atoms with Gasteiger partial charge < -0.3 is 15.8 Å². The fourth-order valence-electron chi connectivity index (χ4n) is 2.61. The highest BCUT2D eigenvalue weighted by atomic mass is 16.5. The molecule has 2 atom stereocenters. The molecule has 2 unspecified atom stereocenters. The van der Waals surface area contributed by atoms with Gasteiger partial charge in [-0.3, -0.25) is 4.79 Å². The number of hydrogen-bond donors (Lipinski definition) is 2. The Labute approximate surface area is 114 Å². The number of carbonyl (C=O) groups is 1. The van der Waals surface area contributed by atoms with Crippen molar-refractivity contribution in [3.8, 4) is 5.75 Å². The molecule has 1 saturated carbocycles. The van der Waals surface area contributed by atoms with E-state index in [0.717, 1.165) is 11.6 Å². The normalized spacial score (nSPS) is 22.2. The minimum Gasteiger partial charge on any atom is -0.484 e. The lowest BCUT2D eigenvalue weighted by Gasteiger charge is -2.14. The van der Waals surface area contributed by atoms with Gasteiger partial charge in [-0.1, -0.05) is 13.3 Å². The number of ether oxygens (including phenoxy) is 1. The van der Waals surface area contributed by atoms with Gasteiger partial charge in [-0.05, 0) is 49.4 Å². The van der Waals surface area contributed by atoms with Gasteiger partial charge in [0.2, 0.25) is 0 Å². The summed E-state index contributed by atoms with van der Waals surface area (Å²) in [6.07, 6.45) is 5.11. The molecule has 0 heterocycles. The van der Waals surface area contributed by atoms with Crippen molar-refractivity contribution >= 4 is 11.6 Å². The molecule has 1 aliphatic rings. The van der Waals surface area contributed by atoms with Crippen LogP contribution in [-0.4, -0.2) is 18.6 Å². The van der Waals surface area contributed by atoms with Crippen molar-refractivity contribution in [1.82, 2.24) is 0 Å². The third-order valence-corrected chi connectivity index (χ3v) is 3.72. The van der Waals surface area contributed by atoms with E-state index in [4.69, 9.17) is 10.5 Å². The van der Waals surface area contributed by atoms with Crippen LogP contribution in [0.4, 0.5) is 5.69 Å². The molecule has 4 nitrogen and oxygen atoms in total. The summed E-state index contributed by atoms with van der Waals surface area (Å²) in [6, 6.07) is 8.27. The van der Waals surface area contributed by atoms with Crippen molar-refractivity contribution in [3.05, 3.63) is 24.3 Å². The molecule has 0 spiro atoms. The Hall–Kier alpha value is -1.71. The molecule has 4 heteroatoms. The predicted molar refractivity (Wildman–Crippen MR) is 76.2 cm³/mol. The average molecular weight is 262 g/mol. The first kappa shape index (κ1) is 13.7. The summed E-state index contributed by atoms with van der Waals surface area (Å²) in [4.78, 5) is 10.6. The van der Waals surface area contributed by atoms with Crippen LogP contribution >= 0.6 is 0 Å². The third kappa shape index (κ3) is 4.16. The van der Waals surface area contributed by atoms with Gasteiger partial charge >= 0.3 is 0 Å². The van der Waals surface area contributed by atoms with Gasteiger partial charge in [0.15, 0.2) is 6.61 Å². The van der Waals surface area contributed by atoms with E-state index in [1.54, 1.807) is 0 Å². The maximum absolute atomic E-state index is 10.6. The lowest BCUT2D eigenvalue weighted by atomic mass is 10.1. The summed E-state index contributed by atoms with van der Waals surface area (Å²) in [5, 5.41) is 3.55. The Morgan fingerprint density at radius 2 is 2.11 bits per heavy atom. The van der Waals surface area contributed by atoms with Crippen LogP contribution < -0.4 is 15.8 Å². The maximum Gasteiger partial charge on any atom is 0.255 e. The van der Waals surface area contributed by atoms with E-state index in [1.165, 1.54) is 25.7 Å². The van der Waals surface area contributed by atoms with Crippen LogP contribution in [-0.2, 0) is 4.79 Å². The summed E-state index contributed by atoms with van der Waals surface area (Å²) in [7, 11) is 0. The van der Waals surface area contributed by atoms with E-state index in [0.29, 0.717) is 11.8 Å². The average Bonchev–Trinajstić information content (AvgIpc) is 2.85. The zero-order chi connectivity index (χ0) is 13.7. The molecule has 1 fully saturated rings. The van der Waals surface area contributed by atoms with Crippen molar-refractivity contribution in [2.75, 3.05) is 11.9 Å². The fourth-order valence-corrected chi connectivity index (χ4v) is 2.61. The molecule has 0 radical (unpaired) electrons. The first-order chi connectivity index (χ1) is 9.17. The Balaban J connectivity index is 1.83. The Kier molecular flexibility index (Phi) is 4.66. The van der Waals surface area contributed by atoms with Crippen LogP contribution in [0.5, 0.6) is 5.75 Å². The molecule has 0 aromatic heterocycles. The summed E-state index contributed by atoms with van der Waals surface area (Å²) in [5.74, 6) is 1.08. The number of benzene rings is 1. The largest absolute Gasteiger partial charge is 0.484 e. The van der Waals surface area contributed by atoms with E-state index >= 15 is 0 Å². The Morgan fingerprint density at radius 3 is 2.68 bits per heavy atom. The molecule has 0 aliphatic heterocycles. The number of carbonyl (C=O) groups excluding carboxylic acids is 1. The van der Waals surface area contributed by atoms with E-state index in [9.17, 15) is 4.79 Å². The molecule has 0 bridgehead atoms. The summed E-state index contributed by atoms with van der Waals surface area (Å²) in [5.41, 5.74) is 6.13. The molecule has 104 valence electrons. The second-order valence-corrected chi connectivity index (χ2v) is 5.21. The van der Waals surface area contributed by atoms with E-state index in [2.05, 4.69) is 12.2 Å². The molecule has 0 saturated heterocycles. The third-order valence-electron chi connectivity index (χ3n) is 3.72. The van der Waals surface area contributed by atoms with Gasteiger partial charge in [-0.2, -0.15) is 0 Å². The highest BCUT2D eigenvalue weighted by molar-refractivity contribution is 5.75. The van der Waals surface area contributed by atoms with Crippen LogP contribution in [0.25, 0.3) is 0 Å². The topological polar surface area (TPSA) is 64.3 Å². The van der Waals surface area contributed by atoms with Crippen LogP contribution in [0, 0.1) is 5.92 Å². The van der Waals surface area contributed by atoms with Gasteiger partial charge in [0.25, 0.3) is 5.91 Å². The molecule has 2 rings (SSSR count). The first-order valence-corrected chi connectivity index (χ1v) is 6.95.